The van der Waals surface area contributed by atoms with E-state index in [4.69, 9.17) is 4.74 Å². The van der Waals surface area contributed by atoms with Gasteiger partial charge in [-0.2, -0.15) is 0 Å². The van der Waals surface area contributed by atoms with Crippen molar-refractivity contribution in [3.05, 3.63) is 0 Å². The molecule has 1 amide bonds. The Kier molecular flexibility index (Phi) is 1.74. The van der Waals surface area contributed by atoms with Gasteiger partial charge in [0.05, 0.1) is 5.54 Å². The normalized spacial score (nSPS) is 37.7. The van der Waals surface area contributed by atoms with Crippen LogP contribution in [0.2, 0.25) is 0 Å². The number of hydrogen-bond donors (Lipinski definition) is 1. The molecule has 1 spiro atoms. The molecule has 1 aliphatic carbocycles. The van der Waals surface area contributed by atoms with Crippen molar-refractivity contribution in [2.24, 2.45) is 0 Å². The van der Waals surface area contributed by atoms with E-state index < -0.39 is 0 Å². The van der Waals surface area contributed by atoms with Crippen molar-refractivity contribution in [1.29, 1.82) is 0 Å². The fraction of sp³-hybridized carbons (Fsp3) is 0.900. The Labute approximate surface area is 83.6 Å². The summed E-state index contributed by atoms with van der Waals surface area (Å²) >= 11 is 0. The molecule has 4 nitrogen and oxygen atoms in total. The average Bonchev–Trinajstić information content (AvgIpc) is 2.66. The molecule has 78 valence electrons. The van der Waals surface area contributed by atoms with Gasteiger partial charge in [0.2, 0.25) is 0 Å². The van der Waals surface area contributed by atoms with Crippen LogP contribution >= 0.6 is 0 Å². The minimum Gasteiger partial charge on any atom is -0.447 e. The summed E-state index contributed by atoms with van der Waals surface area (Å²) in [6, 6.07) is 0.463. The molecule has 1 N–H and O–H groups in total. The Bertz CT molecular complexity index is 257. The molecular weight excluding hydrogens is 180 g/mol. The van der Waals surface area contributed by atoms with Crippen molar-refractivity contribution in [2.75, 3.05) is 19.7 Å². The van der Waals surface area contributed by atoms with E-state index in [0.717, 1.165) is 32.4 Å². The van der Waals surface area contributed by atoms with Crippen molar-refractivity contribution >= 4 is 6.09 Å². The van der Waals surface area contributed by atoms with E-state index in [1.165, 1.54) is 6.42 Å². The largest absolute Gasteiger partial charge is 0.447 e. The van der Waals surface area contributed by atoms with E-state index in [1.807, 2.05) is 4.90 Å². The van der Waals surface area contributed by atoms with Crippen molar-refractivity contribution in [1.82, 2.24) is 10.2 Å². The predicted molar refractivity (Wildman–Crippen MR) is 51.0 cm³/mol. The van der Waals surface area contributed by atoms with E-state index >= 15 is 0 Å². The van der Waals surface area contributed by atoms with Crippen LogP contribution in [0.25, 0.3) is 0 Å². The number of rotatable bonds is 1. The molecular formula is C10H16N2O2. The van der Waals surface area contributed by atoms with Crippen molar-refractivity contribution in [3.63, 3.8) is 0 Å². The van der Waals surface area contributed by atoms with Gasteiger partial charge in [-0.05, 0) is 32.2 Å². The Morgan fingerprint density at radius 2 is 2.36 bits per heavy atom. The maximum Gasteiger partial charge on any atom is 0.410 e. The Hall–Kier alpha value is -0.770. The van der Waals surface area contributed by atoms with Crippen LogP contribution in [-0.2, 0) is 4.74 Å². The van der Waals surface area contributed by atoms with Gasteiger partial charge in [-0.1, -0.05) is 0 Å². The van der Waals surface area contributed by atoms with Crippen LogP contribution in [-0.4, -0.2) is 42.3 Å². The first-order valence-corrected chi connectivity index (χ1v) is 5.49. The molecule has 1 saturated carbocycles. The lowest BCUT2D eigenvalue weighted by Crippen LogP contribution is -2.55. The number of nitrogens with one attached hydrogen (secondary N) is 1. The highest BCUT2D eigenvalue weighted by Crippen LogP contribution is 2.38. The van der Waals surface area contributed by atoms with Crippen LogP contribution in [0.15, 0.2) is 0 Å². The van der Waals surface area contributed by atoms with Crippen LogP contribution in [0.5, 0.6) is 0 Å². The molecule has 0 bridgehead atoms. The highest BCUT2D eigenvalue weighted by Gasteiger charge is 2.52. The predicted octanol–water partition coefficient (Wildman–Crippen LogP) is 0.723. The molecule has 0 aromatic rings. The Morgan fingerprint density at radius 1 is 1.50 bits per heavy atom. The van der Waals surface area contributed by atoms with Crippen LogP contribution in [0.4, 0.5) is 4.79 Å². The second-order valence-electron chi connectivity index (χ2n) is 4.66. The van der Waals surface area contributed by atoms with E-state index in [9.17, 15) is 4.79 Å². The summed E-state index contributed by atoms with van der Waals surface area (Å²) in [6.45, 7) is 2.52. The van der Waals surface area contributed by atoms with Gasteiger partial charge in [-0.3, -0.25) is 4.90 Å². The standard InChI is InChI=1S/C10H16N2O2/c13-9-12(8-2-1-3-8)10(7-14-9)4-5-11-6-10/h8,11H,1-7H2. The number of carbonyl (C=O) groups excluding carboxylic acids is 1. The Morgan fingerprint density at radius 3 is 2.93 bits per heavy atom. The molecule has 0 aromatic carbocycles. The molecule has 2 saturated heterocycles. The average molecular weight is 196 g/mol. The molecule has 2 aliphatic heterocycles. The van der Waals surface area contributed by atoms with Gasteiger partial charge in [0.1, 0.15) is 6.61 Å². The summed E-state index contributed by atoms with van der Waals surface area (Å²) in [7, 11) is 0. The molecule has 0 aromatic heterocycles. The first-order valence-electron chi connectivity index (χ1n) is 5.49. The number of nitrogens with zero attached hydrogens (tertiary/aromatic N) is 1. The molecule has 4 heteroatoms. The summed E-state index contributed by atoms with van der Waals surface area (Å²) < 4.78 is 5.21. The van der Waals surface area contributed by atoms with Gasteiger partial charge in [-0.25, -0.2) is 4.79 Å². The van der Waals surface area contributed by atoms with Gasteiger partial charge in [0.25, 0.3) is 0 Å². The highest BCUT2D eigenvalue weighted by atomic mass is 16.6. The summed E-state index contributed by atoms with van der Waals surface area (Å²) in [6.07, 6.45) is 4.55. The second-order valence-corrected chi connectivity index (χ2v) is 4.66. The minimum absolute atomic E-state index is 0.00215. The molecule has 1 unspecified atom stereocenters. The lowest BCUT2D eigenvalue weighted by molar-refractivity contribution is 0.0860. The maximum absolute atomic E-state index is 11.6. The molecule has 3 rings (SSSR count). The summed E-state index contributed by atoms with van der Waals surface area (Å²) in [5, 5.41) is 3.33. The summed E-state index contributed by atoms with van der Waals surface area (Å²) in [5.74, 6) is 0. The SMILES string of the molecule is O=C1OCC2(CCNC2)N1C1CCC1. The van der Waals surface area contributed by atoms with Crippen molar-refractivity contribution in [2.45, 2.75) is 37.3 Å². The zero-order chi connectivity index (χ0) is 9.60. The molecule has 14 heavy (non-hydrogen) atoms. The van der Waals surface area contributed by atoms with Crippen LogP contribution in [0.3, 0.4) is 0 Å². The van der Waals surface area contributed by atoms with Gasteiger partial charge < -0.3 is 10.1 Å². The summed E-state index contributed by atoms with van der Waals surface area (Å²) in [5.41, 5.74) is 0.00215. The fourth-order valence-corrected chi connectivity index (χ4v) is 2.77. The van der Waals surface area contributed by atoms with Crippen LogP contribution < -0.4 is 5.32 Å². The number of ether oxygens (including phenoxy) is 1. The van der Waals surface area contributed by atoms with Crippen LogP contribution in [0.1, 0.15) is 25.7 Å². The van der Waals surface area contributed by atoms with Crippen molar-refractivity contribution < 1.29 is 9.53 Å². The highest BCUT2D eigenvalue weighted by molar-refractivity contribution is 5.72. The zero-order valence-electron chi connectivity index (χ0n) is 8.29. The number of cyclic esters (lactones) is 1. The molecule has 0 radical (unpaired) electrons. The van der Waals surface area contributed by atoms with E-state index in [2.05, 4.69) is 5.32 Å². The van der Waals surface area contributed by atoms with Crippen molar-refractivity contribution in [3.8, 4) is 0 Å². The third-order valence-electron chi connectivity index (χ3n) is 3.83. The zero-order valence-corrected chi connectivity index (χ0v) is 8.29. The lowest BCUT2D eigenvalue weighted by Gasteiger charge is -2.41. The molecule has 3 aliphatic rings. The minimum atomic E-state index is -0.0848. The first kappa shape index (κ1) is 8.53. The third kappa shape index (κ3) is 1.00. The number of carbonyl (C=O) groups is 1. The third-order valence-corrected chi connectivity index (χ3v) is 3.83. The maximum atomic E-state index is 11.6. The van der Waals surface area contributed by atoms with E-state index in [0.29, 0.717) is 12.6 Å². The Balaban J connectivity index is 1.85. The van der Waals surface area contributed by atoms with Gasteiger partial charge in [0, 0.05) is 12.6 Å². The topological polar surface area (TPSA) is 41.6 Å². The first-order chi connectivity index (χ1) is 6.82. The molecule has 2 heterocycles. The fourth-order valence-electron chi connectivity index (χ4n) is 2.77. The number of hydrogen-bond acceptors (Lipinski definition) is 3. The molecule has 1 atom stereocenters. The van der Waals surface area contributed by atoms with Gasteiger partial charge in [0.15, 0.2) is 0 Å². The summed E-state index contributed by atoms with van der Waals surface area (Å²) in [4.78, 5) is 13.7. The van der Waals surface area contributed by atoms with Crippen LogP contribution in [0, 0.1) is 0 Å². The smallest absolute Gasteiger partial charge is 0.410 e. The molecule has 3 fully saturated rings. The second kappa shape index (κ2) is 2.86. The quantitative estimate of drug-likeness (QED) is 0.672. The monoisotopic (exact) mass is 196 g/mol. The van der Waals surface area contributed by atoms with Gasteiger partial charge >= 0.3 is 6.09 Å². The van der Waals surface area contributed by atoms with E-state index in [-0.39, 0.29) is 11.6 Å². The van der Waals surface area contributed by atoms with E-state index in [1.54, 1.807) is 0 Å². The van der Waals surface area contributed by atoms with Gasteiger partial charge in [-0.15, -0.1) is 0 Å². The lowest BCUT2D eigenvalue weighted by atomic mass is 9.87. The number of amides is 1.